The average molecular weight is 486 g/mol. The van der Waals surface area contributed by atoms with E-state index >= 15 is 0 Å². The maximum Gasteiger partial charge on any atom is 0.326 e. The Hall–Kier alpha value is -4.17. The van der Waals surface area contributed by atoms with Crippen molar-refractivity contribution in [3.8, 4) is 0 Å². The second kappa shape index (κ2) is 9.47. The number of aliphatic hydroxyl groups excluding tert-OH is 1. The quantitative estimate of drug-likeness (QED) is 0.334. The number of hydrogen-bond donors (Lipinski definition) is 4. The van der Waals surface area contributed by atoms with Gasteiger partial charge in [0.05, 0.1) is 11.7 Å². The minimum atomic E-state index is -1.18. The Morgan fingerprint density at radius 1 is 1.08 bits per heavy atom. The summed E-state index contributed by atoms with van der Waals surface area (Å²) in [5.74, 6) is -2.14. The number of nitrogens with zero attached hydrogens (tertiary/aromatic N) is 1. The topological polar surface area (TPSA) is 123 Å². The van der Waals surface area contributed by atoms with Gasteiger partial charge in [0.15, 0.2) is 0 Å². The number of carbonyl (C=O) groups excluding carboxylic acids is 2. The minimum absolute atomic E-state index is 0.00210. The number of aliphatic carboxylic acids is 1. The number of benzene rings is 3. The molecule has 5 rings (SSSR count). The van der Waals surface area contributed by atoms with Crippen molar-refractivity contribution in [2.75, 3.05) is 6.54 Å². The first-order valence-electron chi connectivity index (χ1n) is 11.9. The zero-order valence-electron chi connectivity index (χ0n) is 19.8. The third-order valence-corrected chi connectivity index (χ3v) is 6.86. The van der Waals surface area contributed by atoms with E-state index in [9.17, 15) is 24.6 Å². The number of aliphatic hydroxyl groups is 1. The second-order valence-corrected chi connectivity index (χ2v) is 9.35. The normalized spacial score (nSPS) is 18.4. The maximum atomic E-state index is 13.5. The molecule has 1 fully saturated rings. The summed E-state index contributed by atoms with van der Waals surface area (Å²) in [6.07, 6.45) is 0.872. The van der Waals surface area contributed by atoms with E-state index in [1.165, 1.54) is 4.90 Å². The first-order valence-corrected chi connectivity index (χ1v) is 11.9. The smallest absolute Gasteiger partial charge is 0.326 e. The fourth-order valence-corrected chi connectivity index (χ4v) is 5.05. The summed E-state index contributed by atoms with van der Waals surface area (Å²) in [7, 11) is 0. The van der Waals surface area contributed by atoms with Gasteiger partial charge < -0.3 is 25.4 Å². The van der Waals surface area contributed by atoms with Crippen LogP contribution in [0.3, 0.4) is 0 Å². The Labute approximate surface area is 207 Å². The lowest BCUT2D eigenvalue weighted by Crippen LogP contribution is -2.51. The molecule has 1 aromatic heterocycles. The van der Waals surface area contributed by atoms with Crippen molar-refractivity contribution in [3.05, 3.63) is 83.6 Å². The molecular formula is C28H27N3O5. The standard InChI is InChI=1S/C28H27N3O5/c1-16-5-4-8-22-25(16)21(14-29-22)27(34)31-15-20(32)13-24(31)26(33)30-23(28(35)36)12-17-9-10-18-6-2-3-7-19(18)11-17/h2-11,14,20,23-24,29,32H,12-13,15H2,1H3,(H,30,33)(H,35,36)/t20-,23+,24+/m1/s1. The van der Waals surface area contributed by atoms with E-state index in [1.54, 1.807) is 6.20 Å². The van der Waals surface area contributed by atoms with Crippen LogP contribution in [-0.4, -0.2) is 62.6 Å². The highest BCUT2D eigenvalue weighted by atomic mass is 16.4. The van der Waals surface area contributed by atoms with E-state index in [0.717, 1.165) is 32.8 Å². The molecule has 4 N–H and O–H groups in total. The Morgan fingerprint density at radius 2 is 1.86 bits per heavy atom. The molecule has 1 aliphatic heterocycles. The van der Waals surface area contributed by atoms with Gasteiger partial charge in [0.25, 0.3) is 5.91 Å². The zero-order valence-corrected chi connectivity index (χ0v) is 19.8. The molecule has 8 nitrogen and oxygen atoms in total. The van der Waals surface area contributed by atoms with E-state index in [2.05, 4.69) is 10.3 Å². The SMILES string of the molecule is Cc1cccc2[nH]cc(C(=O)N3C[C@H](O)C[C@H]3C(=O)N[C@@H](Cc3ccc4ccccc4c3)C(=O)O)c12. The molecule has 3 aromatic carbocycles. The summed E-state index contributed by atoms with van der Waals surface area (Å²) in [4.78, 5) is 43.1. The molecule has 0 unspecified atom stereocenters. The van der Waals surface area contributed by atoms with Gasteiger partial charge in [-0.25, -0.2) is 4.79 Å². The molecule has 0 bridgehead atoms. The highest BCUT2D eigenvalue weighted by molar-refractivity contribution is 6.09. The van der Waals surface area contributed by atoms with Crippen LogP contribution in [0.1, 0.15) is 27.9 Å². The van der Waals surface area contributed by atoms with Crippen LogP contribution in [-0.2, 0) is 16.0 Å². The summed E-state index contributed by atoms with van der Waals surface area (Å²) in [6.45, 7) is 1.90. The average Bonchev–Trinajstić information content (AvgIpc) is 3.48. The van der Waals surface area contributed by atoms with Crippen molar-refractivity contribution in [2.45, 2.75) is 38.0 Å². The number of carboxylic acids is 1. The number of amides is 2. The molecule has 0 spiro atoms. The number of hydrogen-bond acceptors (Lipinski definition) is 4. The Kier molecular flexibility index (Phi) is 6.20. The molecule has 0 radical (unpaired) electrons. The van der Waals surface area contributed by atoms with Crippen molar-refractivity contribution in [1.82, 2.24) is 15.2 Å². The summed E-state index contributed by atoms with van der Waals surface area (Å²) < 4.78 is 0. The van der Waals surface area contributed by atoms with Gasteiger partial charge in [0.1, 0.15) is 12.1 Å². The molecule has 0 aliphatic carbocycles. The predicted octanol–water partition coefficient (Wildman–Crippen LogP) is 3.02. The van der Waals surface area contributed by atoms with Crippen LogP contribution >= 0.6 is 0 Å². The van der Waals surface area contributed by atoms with Crippen LogP contribution < -0.4 is 5.32 Å². The van der Waals surface area contributed by atoms with Crippen molar-refractivity contribution in [2.24, 2.45) is 0 Å². The molecule has 1 saturated heterocycles. The summed E-state index contributed by atoms with van der Waals surface area (Å²) in [5.41, 5.74) is 2.91. The molecule has 4 aromatic rings. The van der Waals surface area contributed by atoms with E-state index in [-0.39, 0.29) is 25.3 Å². The zero-order chi connectivity index (χ0) is 25.4. The highest BCUT2D eigenvalue weighted by Gasteiger charge is 2.41. The summed E-state index contributed by atoms with van der Waals surface area (Å²) in [5, 5.41) is 25.5. The summed E-state index contributed by atoms with van der Waals surface area (Å²) >= 11 is 0. The van der Waals surface area contributed by atoms with Gasteiger partial charge in [-0.1, -0.05) is 54.6 Å². The van der Waals surface area contributed by atoms with Crippen LogP contribution in [0.5, 0.6) is 0 Å². The number of aromatic nitrogens is 1. The number of β-amino-alcohol motifs (C(OH)–C–C–N with tert-alkyl or cyclic N) is 1. The van der Waals surface area contributed by atoms with Crippen molar-refractivity contribution < 1.29 is 24.6 Å². The van der Waals surface area contributed by atoms with Gasteiger partial charge >= 0.3 is 5.97 Å². The Morgan fingerprint density at radius 3 is 2.64 bits per heavy atom. The number of aryl methyl sites for hydroxylation is 1. The van der Waals surface area contributed by atoms with Gasteiger partial charge in [-0.05, 0) is 34.9 Å². The molecule has 8 heteroatoms. The number of carboxylic acid groups (broad SMARTS) is 1. The van der Waals surface area contributed by atoms with Crippen molar-refractivity contribution >= 4 is 39.5 Å². The van der Waals surface area contributed by atoms with Crippen LogP contribution in [0.25, 0.3) is 21.7 Å². The molecular weight excluding hydrogens is 458 g/mol. The van der Waals surface area contributed by atoms with E-state index in [4.69, 9.17) is 0 Å². The van der Waals surface area contributed by atoms with Gasteiger partial charge in [-0.3, -0.25) is 9.59 Å². The number of nitrogens with one attached hydrogen (secondary N) is 2. The lowest BCUT2D eigenvalue weighted by atomic mass is 10.0. The minimum Gasteiger partial charge on any atom is -0.480 e. The molecule has 184 valence electrons. The number of aromatic amines is 1. The van der Waals surface area contributed by atoms with E-state index < -0.39 is 30.1 Å². The number of fused-ring (bicyclic) bond motifs is 2. The van der Waals surface area contributed by atoms with Crippen LogP contribution in [0.2, 0.25) is 0 Å². The molecule has 36 heavy (non-hydrogen) atoms. The Balaban J connectivity index is 1.36. The summed E-state index contributed by atoms with van der Waals surface area (Å²) in [6, 6.07) is 16.9. The van der Waals surface area contributed by atoms with E-state index in [0.29, 0.717) is 5.56 Å². The molecule has 1 aliphatic rings. The lowest BCUT2D eigenvalue weighted by Gasteiger charge is -2.25. The number of rotatable bonds is 6. The molecule has 2 heterocycles. The van der Waals surface area contributed by atoms with Crippen molar-refractivity contribution in [3.63, 3.8) is 0 Å². The van der Waals surface area contributed by atoms with E-state index in [1.807, 2.05) is 67.6 Å². The third-order valence-electron chi connectivity index (χ3n) is 6.86. The van der Waals surface area contributed by atoms with Crippen LogP contribution in [0.15, 0.2) is 66.9 Å². The lowest BCUT2D eigenvalue weighted by molar-refractivity contribution is -0.142. The number of carbonyl (C=O) groups is 3. The number of likely N-dealkylation sites (tertiary alicyclic amines) is 1. The third kappa shape index (κ3) is 4.43. The number of H-pyrrole nitrogens is 1. The fourth-order valence-electron chi connectivity index (χ4n) is 5.05. The monoisotopic (exact) mass is 485 g/mol. The highest BCUT2D eigenvalue weighted by Crippen LogP contribution is 2.27. The maximum absolute atomic E-state index is 13.5. The molecule has 3 atom stereocenters. The van der Waals surface area contributed by atoms with Crippen LogP contribution in [0.4, 0.5) is 0 Å². The van der Waals surface area contributed by atoms with Crippen LogP contribution in [0, 0.1) is 6.92 Å². The van der Waals surface area contributed by atoms with Gasteiger partial charge in [0, 0.05) is 36.5 Å². The fraction of sp³-hybridized carbons (Fsp3) is 0.250. The van der Waals surface area contributed by atoms with Gasteiger partial charge in [-0.2, -0.15) is 0 Å². The Bertz CT molecular complexity index is 1480. The second-order valence-electron chi connectivity index (χ2n) is 9.35. The molecule has 0 saturated carbocycles. The van der Waals surface area contributed by atoms with Gasteiger partial charge in [-0.15, -0.1) is 0 Å². The largest absolute Gasteiger partial charge is 0.480 e. The predicted molar refractivity (Wildman–Crippen MR) is 136 cm³/mol. The van der Waals surface area contributed by atoms with Gasteiger partial charge in [0.2, 0.25) is 5.91 Å². The first-order chi connectivity index (χ1) is 17.3. The first kappa shape index (κ1) is 23.6. The molecule has 2 amide bonds. The van der Waals surface area contributed by atoms with Crippen molar-refractivity contribution in [1.29, 1.82) is 0 Å².